The van der Waals surface area contributed by atoms with Crippen molar-refractivity contribution in [3.63, 3.8) is 0 Å². The molecule has 118 valence electrons. The zero-order valence-corrected chi connectivity index (χ0v) is 13.3. The molecule has 0 heterocycles. The summed E-state index contributed by atoms with van der Waals surface area (Å²) in [6.07, 6.45) is 4.93. The van der Waals surface area contributed by atoms with E-state index in [0.717, 1.165) is 37.7 Å². The molecule has 2 aromatic rings. The van der Waals surface area contributed by atoms with Crippen molar-refractivity contribution in [3.8, 4) is 23.0 Å². The molecule has 0 saturated carbocycles. The Hall–Kier alpha value is -2.53. The zero-order valence-electron chi connectivity index (χ0n) is 13.3. The van der Waals surface area contributed by atoms with Gasteiger partial charge in [-0.1, -0.05) is 73.2 Å². The first-order valence-corrected chi connectivity index (χ1v) is 8.12. The van der Waals surface area contributed by atoms with Crippen molar-refractivity contribution in [2.75, 3.05) is 0 Å². The van der Waals surface area contributed by atoms with Gasteiger partial charge in [-0.25, -0.2) is 0 Å². The van der Waals surface area contributed by atoms with Crippen LogP contribution in [0.5, 0.6) is 0 Å². The monoisotopic (exact) mass is 306 g/mol. The van der Waals surface area contributed by atoms with E-state index in [2.05, 4.69) is 36.1 Å². The van der Waals surface area contributed by atoms with Crippen LogP contribution in [-0.4, -0.2) is 11.1 Å². The van der Waals surface area contributed by atoms with E-state index >= 15 is 0 Å². The molecule has 0 aliphatic rings. The van der Waals surface area contributed by atoms with Crippen LogP contribution in [0.4, 0.5) is 0 Å². The quantitative estimate of drug-likeness (QED) is 0.568. The Morgan fingerprint density at radius 1 is 0.870 bits per heavy atom. The Labute approximate surface area is 138 Å². The summed E-state index contributed by atoms with van der Waals surface area (Å²) in [5.41, 5.74) is 3.41. The predicted octanol–water partition coefficient (Wildman–Crippen LogP) is 5.13. The zero-order chi connectivity index (χ0) is 16.3. The Bertz CT molecular complexity index is 678. The average Bonchev–Trinajstić information content (AvgIpc) is 2.58. The summed E-state index contributed by atoms with van der Waals surface area (Å²) in [6, 6.07) is 18.5. The molecule has 1 N–H and O–H groups in total. The van der Waals surface area contributed by atoms with Crippen molar-refractivity contribution >= 4 is 5.97 Å². The maximum absolute atomic E-state index is 10.4. The van der Waals surface area contributed by atoms with Gasteiger partial charge in [-0.15, -0.1) is 0 Å². The largest absolute Gasteiger partial charge is 0.481 e. The Morgan fingerprint density at radius 2 is 1.57 bits per heavy atom. The summed E-state index contributed by atoms with van der Waals surface area (Å²) in [5, 5.41) is 8.58. The van der Waals surface area contributed by atoms with Crippen LogP contribution in [0.3, 0.4) is 0 Å². The number of hydrogen-bond acceptors (Lipinski definition) is 1. The highest BCUT2D eigenvalue weighted by atomic mass is 16.4. The minimum absolute atomic E-state index is 0.274. The van der Waals surface area contributed by atoms with E-state index in [1.807, 2.05) is 30.3 Å². The molecule has 0 aromatic heterocycles. The minimum Gasteiger partial charge on any atom is -0.481 e. The number of hydrogen-bond donors (Lipinski definition) is 1. The average molecular weight is 306 g/mol. The van der Waals surface area contributed by atoms with E-state index in [-0.39, 0.29) is 6.42 Å². The van der Waals surface area contributed by atoms with Crippen LogP contribution < -0.4 is 0 Å². The normalized spacial score (nSPS) is 9.91. The molecule has 2 heteroatoms. The van der Waals surface area contributed by atoms with Gasteiger partial charge in [0.15, 0.2) is 0 Å². The van der Waals surface area contributed by atoms with Crippen LogP contribution in [0.2, 0.25) is 0 Å². The van der Waals surface area contributed by atoms with E-state index in [1.165, 1.54) is 11.1 Å². The molecule has 0 aliphatic heterocycles. The lowest BCUT2D eigenvalue weighted by molar-refractivity contribution is -0.137. The van der Waals surface area contributed by atoms with Gasteiger partial charge >= 0.3 is 5.97 Å². The fraction of sp³-hybridized carbons (Fsp3) is 0.286. The third-order valence-electron chi connectivity index (χ3n) is 3.68. The van der Waals surface area contributed by atoms with Gasteiger partial charge in [0.1, 0.15) is 0 Å². The van der Waals surface area contributed by atoms with Crippen LogP contribution in [0, 0.1) is 11.8 Å². The molecule has 2 rings (SSSR count). The number of rotatable bonds is 7. The summed E-state index contributed by atoms with van der Waals surface area (Å²) >= 11 is 0. The topological polar surface area (TPSA) is 37.3 Å². The Morgan fingerprint density at radius 3 is 2.35 bits per heavy atom. The molecule has 2 aromatic carbocycles. The van der Waals surface area contributed by atoms with E-state index in [9.17, 15) is 4.79 Å². The molecule has 0 fully saturated rings. The summed E-state index contributed by atoms with van der Waals surface area (Å²) in [4.78, 5) is 10.4. The smallest absolute Gasteiger partial charge is 0.303 e. The van der Waals surface area contributed by atoms with Gasteiger partial charge in [0.05, 0.1) is 0 Å². The summed E-state index contributed by atoms with van der Waals surface area (Å²) in [6.45, 7) is 0. The van der Waals surface area contributed by atoms with E-state index in [0.29, 0.717) is 0 Å². The molecule has 0 saturated heterocycles. The summed E-state index contributed by atoms with van der Waals surface area (Å²) < 4.78 is 0. The third kappa shape index (κ3) is 6.00. The van der Waals surface area contributed by atoms with Crippen molar-refractivity contribution in [2.45, 2.75) is 38.5 Å². The molecule has 2 nitrogen and oxygen atoms in total. The molecule has 0 unspecified atom stereocenters. The molecule has 23 heavy (non-hydrogen) atoms. The van der Waals surface area contributed by atoms with Gasteiger partial charge in [-0.3, -0.25) is 4.79 Å². The highest BCUT2D eigenvalue weighted by Crippen LogP contribution is 2.22. The van der Waals surface area contributed by atoms with E-state index < -0.39 is 5.97 Å². The van der Waals surface area contributed by atoms with Crippen LogP contribution in [0.1, 0.15) is 44.1 Å². The molecule has 0 bridgehead atoms. The van der Waals surface area contributed by atoms with Crippen molar-refractivity contribution in [3.05, 3.63) is 60.2 Å². The van der Waals surface area contributed by atoms with Crippen LogP contribution in [-0.2, 0) is 4.79 Å². The standard InChI is InChI=1S/C21H22O2/c22-21(23)17-9-4-2-1-3-6-12-19-15-10-11-16-20(19)18-13-7-5-8-14-18/h5,7-8,10-11,13-16H,1-4,9,17H2,(H,22,23). The number of aliphatic carboxylic acids is 1. The van der Waals surface area contributed by atoms with E-state index in [1.54, 1.807) is 0 Å². The highest BCUT2D eigenvalue weighted by Gasteiger charge is 2.01. The second-order valence-electron chi connectivity index (χ2n) is 5.52. The maximum Gasteiger partial charge on any atom is 0.303 e. The molecule has 0 amide bonds. The molecule has 0 aliphatic carbocycles. The molecular formula is C21H22O2. The van der Waals surface area contributed by atoms with Crippen molar-refractivity contribution in [1.29, 1.82) is 0 Å². The summed E-state index contributed by atoms with van der Waals surface area (Å²) in [7, 11) is 0. The first kappa shape index (κ1) is 16.8. The summed E-state index contributed by atoms with van der Waals surface area (Å²) in [5.74, 6) is 5.82. The minimum atomic E-state index is -0.706. The van der Waals surface area contributed by atoms with Gasteiger partial charge in [0.2, 0.25) is 0 Å². The number of unbranched alkanes of at least 4 members (excludes halogenated alkanes) is 4. The fourth-order valence-electron chi connectivity index (χ4n) is 2.46. The van der Waals surface area contributed by atoms with Gasteiger partial charge in [-0.05, 0) is 30.0 Å². The Kier molecular flexibility index (Phi) is 6.94. The first-order chi connectivity index (χ1) is 11.3. The third-order valence-corrected chi connectivity index (χ3v) is 3.68. The van der Waals surface area contributed by atoms with Crippen molar-refractivity contribution in [1.82, 2.24) is 0 Å². The van der Waals surface area contributed by atoms with Crippen LogP contribution in [0.25, 0.3) is 11.1 Å². The Balaban J connectivity index is 1.86. The number of benzene rings is 2. The first-order valence-electron chi connectivity index (χ1n) is 8.12. The fourth-order valence-corrected chi connectivity index (χ4v) is 2.46. The number of carboxylic acids is 1. The van der Waals surface area contributed by atoms with Gasteiger partial charge in [0.25, 0.3) is 0 Å². The second kappa shape index (κ2) is 9.48. The van der Waals surface area contributed by atoms with Gasteiger partial charge in [-0.2, -0.15) is 0 Å². The molecular weight excluding hydrogens is 284 g/mol. The molecule has 0 atom stereocenters. The van der Waals surface area contributed by atoms with Gasteiger partial charge < -0.3 is 5.11 Å². The lowest BCUT2D eigenvalue weighted by atomic mass is 10.00. The SMILES string of the molecule is O=C(O)CCCCCCC#Cc1ccccc1-c1ccccc1. The van der Waals surface area contributed by atoms with Crippen LogP contribution in [0.15, 0.2) is 54.6 Å². The number of carboxylic acid groups (broad SMARTS) is 1. The molecule has 0 radical (unpaired) electrons. The lowest BCUT2D eigenvalue weighted by Gasteiger charge is -2.04. The van der Waals surface area contributed by atoms with Crippen molar-refractivity contribution < 1.29 is 9.90 Å². The lowest BCUT2D eigenvalue weighted by Crippen LogP contribution is -1.93. The maximum atomic E-state index is 10.4. The van der Waals surface area contributed by atoms with E-state index in [4.69, 9.17) is 5.11 Å². The van der Waals surface area contributed by atoms with Gasteiger partial charge in [0, 0.05) is 18.4 Å². The number of carbonyl (C=O) groups is 1. The van der Waals surface area contributed by atoms with Crippen LogP contribution >= 0.6 is 0 Å². The second-order valence-corrected chi connectivity index (χ2v) is 5.52. The predicted molar refractivity (Wildman–Crippen MR) is 94.1 cm³/mol. The van der Waals surface area contributed by atoms with Crippen molar-refractivity contribution in [2.24, 2.45) is 0 Å². The molecule has 0 spiro atoms. The highest BCUT2D eigenvalue weighted by molar-refractivity contribution is 5.70.